The fourth-order valence-corrected chi connectivity index (χ4v) is 3.43. The lowest BCUT2D eigenvalue weighted by Crippen LogP contribution is -2.24. The molecule has 0 atom stereocenters. The van der Waals surface area contributed by atoms with Crippen molar-refractivity contribution in [1.29, 1.82) is 0 Å². The molecule has 0 aliphatic carbocycles. The van der Waals surface area contributed by atoms with Crippen LogP contribution in [0, 0.1) is 5.82 Å². The lowest BCUT2D eigenvalue weighted by molar-refractivity contribution is 0.0959. The van der Waals surface area contributed by atoms with Crippen LogP contribution in [0.1, 0.15) is 31.8 Å². The minimum absolute atomic E-state index is 0.0375. The number of amides is 1. The van der Waals surface area contributed by atoms with Gasteiger partial charge in [0.2, 0.25) is 0 Å². The molecule has 2 aromatic rings. The van der Waals surface area contributed by atoms with Crippen molar-refractivity contribution in [3.05, 3.63) is 57.5 Å². The van der Waals surface area contributed by atoms with Crippen LogP contribution < -0.4 is 5.32 Å². The highest BCUT2D eigenvalue weighted by Gasteiger charge is 2.10. The summed E-state index contributed by atoms with van der Waals surface area (Å²) in [6.45, 7) is 1.98. The zero-order valence-electron chi connectivity index (χ0n) is 12.1. The van der Waals surface area contributed by atoms with E-state index < -0.39 is 0 Å². The Kier molecular flexibility index (Phi) is 6.15. The second-order valence-electron chi connectivity index (χ2n) is 4.62. The molecule has 1 aromatic carbocycles. The van der Waals surface area contributed by atoms with Crippen LogP contribution in [0.5, 0.6) is 0 Å². The summed E-state index contributed by atoms with van der Waals surface area (Å²) < 4.78 is 13.4. The van der Waals surface area contributed by atoms with Gasteiger partial charge in [0.25, 0.3) is 5.91 Å². The molecule has 0 spiro atoms. The fourth-order valence-electron chi connectivity index (χ4n) is 1.77. The average molecular weight is 337 g/mol. The molecule has 0 aliphatic heterocycles. The second-order valence-corrected chi connectivity index (χ2v) is 6.81. The van der Waals surface area contributed by atoms with Crippen molar-refractivity contribution in [1.82, 2.24) is 5.32 Å². The molecular weight excluding hydrogens is 321 g/mol. The van der Waals surface area contributed by atoms with Crippen molar-refractivity contribution < 1.29 is 14.0 Å². The topological polar surface area (TPSA) is 46.2 Å². The van der Waals surface area contributed by atoms with Gasteiger partial charge in [-0.15, -0.1) is 11.3 Å². The highest BCUT2D eigenvalue weighted by atomic mass is 32.2. The van der Waals surface area contributed by atoms with Crippen LogP contribution in [-0.4, -0.2) is 24.0 Å². The van der Waals surface area contributed by atoms with E-state index in [4.69, 9.17) is 0 Å². The van der Waals surface area contributed by atoms with Gasteiger partial charge in [-0.2, -0.15) is 11.8 Å². The Morgan fingerprint density at radius 1 is 1.18 bits per heavy atom. The van der Waals surface area contributed by atoms with Gasteiger partial charge < -0.3 is 5.32 Å². The zero-order valence-corrected chi connectivity index (χ0v) is 13.7. The Hall–Kier alpha value is -1.66. The normalized spacial score (nSPS) is 10.5. The molecule has 116 valence electrons. The van der Waals surface area contributed by atoms with E-state index in [1.165, 1.54) is 24.3 Å². The zero-order chi connectivity index (χ0) is 15.9. The third-order valence-corrected chi connectivity index (χ3v) is 5.12. The van der Waals surface area contributed by atoms with E-state index in [1.807, 2.05) is 6.07 Å². The van der Waals surface area contributed by atoms with Crippen LogP contribution in [0.2, 0.25) is 0 Å². The summed E-state index contributed by atoms with van der Waals surface area (Å²) >= 11 is 2.76. The molecule has 0 unspecified atom stereocenters. The van der Waals surface area contributed by atoms with Gasteiger partial charge in [0.15, 0.2) is 5.78 Å². The summed E-state index contributed by atoms with van der Waals surface area (Å²) in [5.41, 5.74) is 0.670. The van der Waals surface area contributed by atoms with E-state index in [2.05, 4.69) is 5.32 Å². The number of hydrogen-bond acceptors (Lipinski definition) is 4. The summed E-state index contributed by atoms with van der Waals surface area (Å²) in [5.74, 6) is 0.865. The standard InChI is InChI=1S/C16H16FNO2S2/c1-11(19)14-6-7-15(22-14)16(20)18-8-9-21-10-12-4-2-3-5-13(12)17/h2-7H,8-10H2,1H3,(H,18,20). The number of Topliss-reactive ketones (excluding diaryl/α,β-unsaturated/α-hetero) is 1. The first kappa shape index (κ1) is 16.7. The predicted molar refractivity (Wildman–Crippen MR) is 89.2 cm³/mol. The SMILES string of the molecule is CC(=O)c1ccc(C(=O)NCCSCc2ccccc2F)s1. The molecule has 2 rings (SSSR count). The maximum absolute atomic E-state index is 13.4. The molecule has 1 amide bonds. The summed E-state index contributed by atoms with van der Waals surface area (Å²) in [6.07, 6.45) is 0. The van der Waals surface area contributed by atoms with E-state index >= 15 is 0 Å². The maximum atomic E-state index is 13.4. The summed E-state index contributed by atoms with van der Waals surface area (Å²) in [7, 11) is 0. The molecule has 1 N–H and O–H groups in total. The van der Waals surface area contributed by atoms with Crippen molar-refractivity contribution in [3.8, 4) is 0 Å². The number of benzene rings is 1. The van der Waals surface area contributed by atoms with E-state index in [9.17, 15) is 14.0 Å². The van der Waals surface area contributed by atoms with Gasteiger partial charge in [0.05, 0.1) is 9.75 Å². The molecule has 0 bridgehead atoms. The lowest BCUT2D eigenvalue weighted by Gasteiger charge is -2.05. The van der Waals surface area contributed by atoms with Crippen LogP contribution in [0.4, 0.5) is 4.39 Å². The van der Waals surface area contributed by atoms with Crippen LogP contribution in [0.25, 0.3) is 0 Å². The van der Waals surface area contributed by atoms with Crippen LogP contribution >= 0.6 is 23.1 Å². The number of carbonyl (C=O) groups is 2. The summed E-state index contributed by atoms with van der Waals surface area (Å²) in [5, 5.41) is 2.80. The molecule has 0 fully saturated rings. The van der Waals surface area contributed by atoms with Crippen molar-refractivity contribution in [2.75, 3.05) is 12.3 Å². The number of thioether (sulfide) groups is 1. The Bertz CT molecular complexity index is 670. The number of rotatable bonds is 7. The smallest absolute Gasteiger partial charge is 0.261 e. The first-order valence-electron chi connectivity index (χ1n) is 6.78. The summed E-state index contributed by atoms with van der Waals surface area (Å²) in [6, 6.07) is 10.00. The average Bonchev–Trinajstić information content (AvgIpc) is 2.98. The second kappa shape index (κ2) is 8.10. The van der Waals surface area contributed by atoms with Gasteiger partial charge in [0.1, 0.15) is 5.82 Å². The molecule has 1 aromatic heterocycles. The number of hydrogen-bond donors (Lipinski definition) is 1. The molecule has 0 aliphatic rings. The lowest BCUT2D eigenvalue weighted by atomic mass is 10.2. The number of carbonyl (C=O) groups excluding carboxylic acids is 2. The van der Waals surface area contributed by atoms with E-state index in [0.717, 1.165) is 0 Å². The van der Waals surface area contributed by atoms with Gasteiger partial charge in [0, 0.05) is 18.1 Å². The van der Waals surface area contributed by atoms with Gasteiger partial charge in [-0.3, -0.25) is 9.59 Å². The van der Waals surface area contributed by atoms with E-state index in [0.29, 0.717) is 33.4 Å². The number of ketones is 1. The highest BCUT2D eigenvalue weighted by molar-refractivity contribution is 7.98. The third kappa shape index (κ3) is 4.68. The minimum atomic E-state index is -0.200. The van der Waals surface area contributed by atoms with Crippen LogP contribution in [0.3, 0.4) is 0 Å². The molecule has 1 heterocycles. The molecular formula is C16H16FNO2S2. The molecule has 0 saturated heterocycles. The van der Waals surface area contributed by atoms with Crippen molar-refractivity contribution in [3.63, 3.8) is 0 Å². The monoisotopic (exact) mass is 337 g/mol. The fraction of sp³-hybridized carbons (Fsp3) is 0.250. The van der Waals surface area contributed by atoms with Crippen LogP contribution in [-0.2, 0) is 5.75 Å². The molecule has 0 saturated carbocycles. The third-order valence-electron chi connectivity index (χ3n) is 2.92. The Labute approximate surface area is 136 Å². The first-order chi connectivity index (χ1) is 10.6. The van der Waals surface area contributed by atoms with Gasteiger partial charge in [-0.25, -0.2) is 4.39 Å². The van der Waals surface area contributed by atoms with Crippen LogP contribution in [0.15, 0.2) is 36.4 Å². The predicted octanol–water partition coefficient (Wildman–Crippen LogP) is 3.75. The Balaban J connectivity index is 1.71. The largest absolute Gasteiger partial charge is 0.351 e. The van der Waals surface area contributed by atoms with Gasteiger partial charge in [-0.1, -0.05) is 18.2 Å². The molecule has 6 heteroatoms. The molecule has 3 nitrogen and oxygen atoms in total. The maximum Gasteiger partial charge on any atom is 0.261 e. The van der Waals surface area contributed by atoms with Crippen molar-refractivity contribution in [2.24, 2.45) is 0 Å². The van der Waals surface area contributed by atoms with E-state index in [-0.39, 0.29) is 17.5 Å². The highest BCUT2D eigenvalue weighted by Crippen LogP contribution is 2.17. The molecule has 0 radical (unpaired) electrons. The number of halogens is 1. The van der Waals surface area contributed by atoms with E-state index in [1.54, 1.807) is 36.0 Å². The van der Waals surface area contributed by atoms with Gasteiger partial charge in [-0.05, 0) is 30.7 Å². The quantitative estimate of drug-likeness (QED) is 0.618. The first-order valence-corrected chi connectivity index (χ1v) is 8.75. The summed E-state index contributed by atoms with van der Waals surface area (Å²) in [4.78, 5) is 24.2. The minimum Gasteiger partial charge on any atom is -0.351 e. The van der Waals surface area contributed by atoms with Crippen molar-refractivity contribution in [2.45, 2.75) is 12.7 Å². The number of thiophene rings is 1. The van der Waals surface area contributed by atoms with Crippen molar-refractivity contribution >= 4 is 34.8 Å². The molecule has 22 heavy (non-hydrogen) atoms. The Morgan fingerprint density at radius 2 is 1.91 bits per heavy atom. The Morgan fingerprint density at radius 3 is 2.59 bits per heavy atom. The van der Waals surface area contributed by atoms with Gasteiger partial charge >= 0.3 is 0 Å². The number of nitrogens with one attached hydrogen (secondary N) is 1.